The SMILES string of the molecule is CCC(C)(C)OCC(C)(C)OC(=O)CCCC(C)=O. The van der Waals surface area contributed by atoms with Gasteiger partial charge >= 0.3 is 5.97 Å². The van der Waals surface area contributed by atoms with E-state index in [1.165, 1.54) is 6.92 Å². The van der Waals surface area contributed by atoms with Gasteiger partial charge in [-0.05, 0) is 47.5 Å². The third-order valence-electron chi connectivity index (χ3n) is 2.96. The Morgan fingerprint density at radius 3 is 2.05 bits per heavy atom. The van der Waals surface area contributed by atoms with E-state index in [-0.39, 0.29) is 23.8 Å². The summed E-state index contributed by atoms with van der Waals surface area (Å²) in [5.41, 5.74) is -0.849. The van der Waals surface area contributed by atoms with Gasteiger partial charge in [-0.1, -0.05) is 6.92 Å². The molecule has 0 atom stereocenters. The van der Waals surface area contributed by atoms with Crippen molar-refractivity contribution in [3.63, 3.8) is 0 Å². The van der Waals surface area contributed by atoms with Gasteiger partial charge in [-0.2, -0.15) is 0 Å². The standard InChI is InChI=1S/C15H28O4/c1-7-14(3,4)18-11-15(5,6)19-13(17)10-8-9-12(2)16/h7-11H2,1-6H3. The van der Waals surface area contributed by atoms with E-state index in [4.69, 9.17) is 9.47 Å². The summed E-state index contributed by atoms with van der Waals surface area (Å²) < 4.78 is 11.1. The third kappa shape index (κ3) is 9.65. The van der Waals surface area contributed by atoms with Gasteiger partial charge in [0.25, 0.3) is 0 Å². The van der Waals surface area contributed by atoms with Gasteiger partial charge in [-0.3, -0.25) is 4.79 Å². The number of carbonyl (C=O) groups is 2. The summed E-state index contributed by atoms with van der Waals surface area (Å²) in [5.74, 6) is -0.177. The molecule has 0 saturated carbocycles. The molecule has 4 nitrogen and oxygen atoms in total. The first-order valence-electron chi connectivity index (χ1n) is 6.93. The van der Waals surface area contributed by atoms with Crippen molar-refractivity contribution < 1.29 is 19.1 Å². The van der Waals surface area contributed by atoms with Gasteiger partial charge < -0.3 is 14.3 Å². The smallest absolute Gasteiger partial charge is 0.306 e. The van der Waals surface area contributed by atoms with E-state index in [2.05, 4.69) is 6.92 Å². The van der Waals surface area contributed by atoms with Crippen LogP contribution in [0.15, 0.2) is 0 Å². The molecule has 0 amide bonds. The third-order valence-corrected chi connectivity index (χ3v) is 2.96. The summed E-state index contributed by atoms with van der Waals surface area (Å²) in [7, 11) is 0. The summed E-state index contributed by atoms with van der Waals surface area (Å²) in [5, 5.41) is 0. The van der Waals surface area contributed by atoms with Crippen LogP contribution in [-0.2, 0) is 19.1 Å². The molecule has 0 aliphatic carbocycles. The summed E-state index contributed by atoms with van der Waals surface area (Å²) in [6, 6.07) is 0. The molecule has 0 saturated heterocycles. The first kappa shape index (κ1) is 18.1. The second-order valence-corrected chi connectivity index (χ2v) is 6.19. The lowest BCUT2D eigenvalue weighted by molar-refractivity contribution is -0.168. The van der Waals surface area contributed by atoms with Crippen molar-refractivity contribution in [2.75, 3.05) is 6.61 Å². The summed E-state index contributed by atoms with van der Waals surface area (Å²) in [6.07, 6.45) is 2.15. The van der Waals surface area contributed by atoms with Crippen LogP contribution in [-0.4, -0.2) is 29.6 Å². The fraction of sp³-hybridized carbons (Fsp3) is 0.867. The van der Waals surface area contributed by atoms with Crippen LogP contribution in [0.5, 0.6) is 0 Å². The van der Waals surface area contributed by atoms with Gasteiger partial charge in [0.05, 0.1) is 12.2 Å². The second kappa shape index (κ2) is 7.63. The predicted molar refractivity (Wildman–Crippen MR) is 75.0 cm³/mol. The van der Waals surface area contributed by atoms with E-state index in [0.29, 0.717) is 19.4 Å². The average molecular weight is 272 g/mol. The van der Waals surface area contributed by atoms with Crippen LogP contribution >= 0.6 is 0 Å². The van der Waals surface area contributed by atoms with Crippen LogP contribution in [0, 0.1) is 0 Å². The van der Waals surface area contributed by atoms with Crippen LogP contribution in [0.4, 0.5) is 0 Å². The Kier molecular flexibility index (Phi) is 7.27. The molecule has 0 unspecified atom stereocenters. The van der Waals surface area contributed by atoms with E-state index < -0.39 is 5.60 Å². The molecule has 0 fully saturated rings. The van der Waals surface area contributed by atoms with Gasteiger partial charge in [0.1, 0.15) is 11.4 Å². The largest absolute Gasteiger partial charge is 0.457 e. The summed E-state index contributed by atoms with van der Waals surface area (Å²) in [6.45, 7) is 11.6. The zero-order valence-corrected chi connectivity index (χ0v) is 13.2. The van der Waals surface area contributed by atoms with E-state index in [1.54, 1.807) is 0 Å². The van der Waals surface area contributed by atoms with Crippen molar-refractivity contribution in [3.05, 3.63) is 0 Å². The molecule has 0 N–H and O–H groups in total. The maximum absolute atomic E-state index is 11.6. The Bertz CT molecular complexity index is 305. The number of rotatable bonds is 9. The van der Waals surface area contributed by atoms with Crippen LogP contribution in [0.25, 0.3) is 0 Å². The number of carbonyl (C=O) groups excluding carboxylic acids is 2. The van der Waals surface area contributed by atoms with Crippen LogP contribution < -0.4 is 0 Å². The topological polar surface area (TPSA) is 52.6 Å². The van der Waals surface area contributed by atoms with E-state index in [0.717, 1.165) is 6.42 Å². The quantitative estimate of drug-likeness (QED) is 0.604. The van der Waals surface area contributed by atoms with Crippen molar-refractivity contribution in [2.45, 2.75) is 78.4 Å². The zero-order valence-electron chi connectivity index (χ0n) is 13.2. The monoisotopic (exact) mass is 272 g/mol. The molecular formula is C15H28O4. The fourth-order valence-corrected chi connectivity index (χ4v) is 1.34. The van der Waals surface area contributed by atoms with Crippen LogP contribution in [0.3, 0.4) is 0 Å². The predicted octanol–water partition coefficient (Wildman–Crippen LogP) is 3.27. The normalized spacial score (nSPS) is 12.3. The number of hydrogen-bond donors (Lipinski definition) is 0. The lowest BCUT2D eigenvalue weighted by atomic mass is 10.1. The highest BCUT2D eigenvalue weighted by molar-refractivity contribution is 5.76. The van der Waals surface area contributed by atoms with Gasteiger partial charge in [-0.15, -0.1) is 0 Å². The van der Waals surface area contributed by atoms with Crippen molar-refractivity contribution >= 4 is 11.8 Å². The Hall–Kier alpha value is -0.900. The lowest BCUT2D eigenvalue weighted by Crippen LogP contribution is -2.37. The minimum Gasteiger partial charge on any atom is -0.457 e. The van der Waals surface area contributed by atoms with Crippen LogP contribution in [0.2, 0.25) is 0 Å². The molecule has 0 aromatic carbocycles. The molecule has 112 valence electrons. The molecule has 19 heavy (non-hydrogen) atoms. The van der Waals surface area contributed by atoms with E-state index >= 15 is 0 Å². The molecule has 0 spiro atoms. The molecule has 0 aromatic rings. The Balaban J connectivity index is 4.07. The highest BCUT2D eigenvalue weighted by Gasteiger charge is 2.27. The second-order valence-electron chi connectivity index (χ2n) is 6.19. The molecule has 0 radical (unpaired) electrons. The molecule has 0 aliphatic heterocycles. The summed E-state index contributed by atoms with van der Waals surface area (Å²) >= 11 is 0. The number of hydrogen-bond acceptors (Lipinski definition) is 4. The highest BCUT2D eigenvalue weighted by Crippen LogP contribution is 2.19. The molecule has 0 aliphatic rings. The number of Topliss-reactive ketones (excluding diaryl/α,β-unsaturated/α-hetero) is 1. The fourth-order valence-electron chi connectivity index (χ4n) is 1.34. The first-order valence-corrected chi connectivity index (χ1v) is 6.93. The minimum absolute atomic E-state index is 0.0973. The number of esters is 1. The molecule has 0 heterocycles. The zero-order chi connectivity index (χ0) is 15.1. The maximum Gasteiger partial charge on any atom is 0.306 e. The number of ether oxygens (including phenoxy) is 2. The molecule has 0 aromatic heterocycles. The average Bonchev–Trinajstić information content (AvgIpc) is 2.25. The molecule has 0 bridgehead atoms. The van der Waals surface area contributed by atoms with Crippen molar-refractivity contribution in [1.29, 1.82) is 0 Å². The Labute approximate surface area is 116 Å². The Morgan fingerprint density at radius 2 is 1.58 bits per heavy atom. The first-order chi connectivity index (χ1) is 8.58. The van der Waals surface area contributed by atoms with Gasteiger partial charge in [0, 0.05) is 12.8 Å². The molecule has 0 rings (SSSR count). The van der Waals surface area contributed by atoms with Gasteiger partial charge in [0.2, 0.25) is 0 Å². The van der Waals surface area contributed by atoms with Crippen LogP contribution in [0.1, 0.15) is 67.2 Å². The van der Waals surface area contributed by atoms with Crippen molar-refractivity contribution in [3.8, 4) is 0 Å². The lowest BCUT2D eigenvalue weighted by Gasteiger charge is -2.31. The van der Waals surface area contributed by atoms with E-state index in [9.17, 15) is 9.59 Å². The highest BCUT2D eigenvalue weighted by atomic mass is 16.6. The van der Waals surface area contributed by atoms with Crippen molar-refractivity contribution in [2.24, 2.45) is 0 Å². The maximum atomic E-state index is 11.6. The minimum atomic E-state index is -0.639. The van der Waals surface area contributed by atoms with Crippen molar-refractivity contribution in [1.82, 2.24) is 0 Å². The summed E-state index contributed by atoms with van der Waals surface area (Å²) in [4.78, 5) is 22.4. The number of ketones is 1. The van der Waals surface area contributed by atoms with Gasteiger partial charge in [-0.25, -0.2) is 0 Å². The van der Waals surface area contributed by atoms with Gasteiger partial charge in [0.15, 0.2) is 0 Å². The Morgan fingerprint density at radius 1 is 1.00 bits per heavy atom. The molecule has 4 heteroatoms. The van der Waals surface area contributed by atoms with E-state index in [1.807, 2.05) is 27.7 Å². The molecular weight excluding hydrogens is 244 g/mol.